The van der Waals surface area contributed by atoms with E-state index >= 15 is 0 Å². The van der Waals surface area contributed by atoms with Crippen LogP contribution in [0.25, 0.3) is 0 Å². The van der Waals surface area contributed by atoms with E-state index in [1.165, 1.54) is 0 Å². The first-order valence-corrected chi connectivity index (χ1v) is 4.77. The fourth-order valence-corrected chi connectivity index (χ4v) is 1.06. The Morgan fingerprint density at radius 3 is 1.12 bits per heavy atom. The molecule has 0 unspecified atom stereocenters. The van der Waals surface area contributed by atoms with Crippen molar-refractivity contribution >= 4 is 0 Å². The van der Waals surface area contributed by atoms with Crippen LogP contribution in [-0.4, -0.2) is 0 Å². The number of rotatable bonds is 0. The smallest absolute Gasteiger partial charge is 0.101 e. The molecule has 0 saturated carbocycles. The maximum atomic E-state index is 8.45. The maximum Gasteiger partial charge on any atom is 0.101 e. The van der Waals surface area contributed by atoms with Gasteiger partial charge < -0.3 is 0 Å². The first-order valence-electron chi connectivity index (χ1n) is 4.77. The number of nitrogens with zero attached hydrogens (tertiary/aromatic N) is 2. The summed E-state index contributed by atoms with van der Waals surface area (Å²) in [5, 5.41) is 16.9. The molecule has 0 saturated heterocycles. The van der Waals surface area contributed by atoms with Gasteiger partial charge in [-0.3, -0.25) is 0 Å². The number of benzene rings is 2. The first kappa shape index (κ1) is 11.5. The van der Waals surface area contributed by atoms with Gasteiger partial charge in [0.25, 0.3) is 0 Å². The van der Waals surface area contributed by atoms with Gasteiger partial charge in [-0.05, 0) is 12.1 Å². The molecule has 2 aromatic rings. The molecule has 0 atom stereocenters. The highest BCUT2D eigenvalue weighted by Gasteiger charge is 1.95. The molecule has 0 aliphatic carbocycles. The molecule has 0 aliphatic rings. The summed E-state index contributed by atoms with van der Waals surface area (Å²) in [5.74, 6) is 0. The Balaban J connectivity index is 0.000000181. The van der Waals surface area contributed by atoms with Crippen LogP contribution in [0, 0.1) is 22.7 Å². The first-order chi connectivity index (χ1) is 7.88. The van der Waals surface area contributed by atoms with E-state index in [9.17, 15) is 0 Å². The average molecular weight is 206 g/mol. The predicted octanol–water partition coefficient (Wildman–Crippen LogP) is 3.12. The Labute approximate surface area is 95.0 Å². The summed E-state index contributed by atoms with van der Waals surface area (Å²) < 4.78 is 0. The fourth-order valence-electron chi connectivity index (χ4n) is 1.06. The third kappa shape index (κ3) is 3.65. The van der Waals surface area contributed by atoms with Gasteiger partial charge >= 0.3 is 0 Å². The lowest BCUT2D eigenvalue weighted by Crippen LogP contribution is -1.79. The lowest BCUT2D eigenvalue weighted by molar-refractivity contribution is 1.43. The van der Waals surface area contributed by atoms with Gasteiger partial charge in [0.05, 0.1) is 11.1 Å². The standard InChI is InChI=1S/C8H4N2.C6H6/c9-5-7-3-1-2-4-8(7)6-10;1-2-4-6-5-3-1/h1-4H;1-6H. The van der Waals surface area contributed by atoms with Crippen LogP contribution in [0.15, 0.2) is 60.7 Å². The monoisotopic (exact) mass is 206 g/mol. The van der Waals surface area contributed by atoms with E-state index in [0.29, 0.717) is 11.1 Å². The molecule has 2 nitrogen and oxygen atoms in total. The molecule has 2 rings (SSSR count). The van der Waals surface area contributed by atoms with Crippen LogP contribution in [0.3, 0.4) is 0 Å². The molecule has 0 N–H and O–H groups in total. The molecule has 2 heteroatoms. The van der Waals surface area contributed by atoms with Crippen LogP contribution < -0.4 is 0 Å². The van der Waals surface area contributed by atoms with Gasteiger partial charge in [-0.1, -0.05) is 48.5 Å². The summed E-state index contributed by atoms with van der Waals surface area (Å²) in [4.78, 5) is 0. The molecule has 0 aromatic heterocycles. The Kier molecular flexibility index (Phi) is 4.89. The van der Waals surface area contributed by atoms with Crippen molar-refractivity contribution in [3.05, 3.63) is 71.8 Å². The molecule has 0 heterocycles. The second-order valence-electron chi connectivity index (χ2n) is 2.92. The van der Waals surface area contributed by atoms with Crippen molar-refractivity contribution in [1.82, 2.24) is 0 Å². The van der Waals surface area contributed by atoms with Crippen molar-refractivity contribution < 1.29 is 0 Å². The molecule has 0 radical (unpaired) electrons. The molecule has 0 fully saturated rings. The largest absolute Gasteiger partial charge is 0.192 e. The van der Waals surface area contributed by atoms with Gasteiger partial charge in [-0.2, -0.15) is 10.5 Å². The van der Waals surface area contributed by atoms with Gasteiger partial charge in [0.15, 0.2) is 0 Å². The molecule has 0 bridgehead atoms. The highest BCUT2D eigenvalue weighted by atomic mass is 14.3. The third-order valence-electron chi connectivity index (χ3n) is 1.83. The number of nitriles is 2. The van der Waals surface area contributed by atoms with Crippen LogP contribution in [-0.2, 0) is 0 Å². The Bertz CT molecular complexity index is 445. The van der Waals surface area contributed by atoms with Gasteiger partial charge in [0.1, 0.15) is 12.1 Å². The quantitative estimate of drug-likeness (QED) is 0.664. The van der Waals surface area contributed by atoms with Crippen LogP contribution >= 0.6 is 0 Å². The van der Waals surface area contributed by atoms with Crippen LogP contribution in [0.5, 0.6) is 0 Å². The van der Waals surface area contributed by atoms with E-state index in [1.54, 1.807) is 24.3 Å². The molecule has 0 aliphatic heterocycles. The summed E-state index contributed by atoms with van der Waals surface area (Å²) in [6.45, 7) is 0. The zero-order valence-electron chi connectivity index (χ0n) is 8.67. The summed E-state index contributed by atoms with van der Waals surface area (Å²) in [5.41, 5.74) is 0.870. The molecule has 76 valence electrons. The van der Waals surface area contributed by atoms with Gasteiger partial charge in [0.2, 0.25) is 0 Å². The van der Waals surface area contributed by atoms with E-state index in [4.69, 9.17) is 10.5 Å². The van der Waals surface area contributed by atoms with Gasteiger partial charge in [-0.25, -0.2) is 0 Å². The van der Waals surface area contributed by atoms with Crippen molar-refractivity contribution in [1.29, 1.82) is 10.5 Å². The molecule has 0 amide bonds. The molecular formula is C14H10N2. The van der Waals surface area contributed by atoms with Crippen LogP contribution in [0.4, 0.5) is 0 Å². The normalized spacial score (nSPS) is 7.88. The average Bonchev–Trinajstić information content (AvgIpc) is 2.41. The minimum absolute atomic E-state index is 0.435. The SMILES string of the molecule is N#Cc1ccccc1C#N.c1ccccc1. The van der Waals surface area contributed by atoms with E-state index in [-0.39, 0.29) is 0 Å². The summed E-state index contributed by atoms with van der Waals surface area (Å²) in [7, 11) is 0. The topological polar surface area (TPSA) is 47.6 Å². The van der Waals surface area contributed by atoms with E-state index in [2.05, 4.69) is 0 Å². The predicted molar refractivity (Wildman–Crippen MR) is 62.3 cm³/mol. The summed E-state index contributed by atoms with van der Waals surface area (Å²) >= 11 is 0. The maximum absolute atomic E-state index is 8.45. The number of hydrogen-bond donors (Lipinski definition) is 0. The van der Waals surface area contributed by atoms with Crippen molar-refractivity contribution in [2.45, 2.75) is 0 Å². The Morgan fingerprint density at radius 2 is 0.875 bits per heavy atom. The van der Waals surface area contributed by atoms with Crippen molar-refractivity contribution in [3.63, 3.8) is 0 Å². The molecule has 16 heavy (non-hydrogen) atoms. The highest BCUT2D eigenvalue weighted by molar-refractivity contribution is 5.44. The zero-order chi connectivity index (χ0) is 11.6. The van der Waals surface area contributed by atoms with Crippen molar-refractivity contribution in [2.24, 2.45) is 0 Å². The summed E-state index contributed by atoms with van der Waals surface area (Å²) in [6, 6.07) is 22.6. The van der Waals surface area contributed by atoms with Crippen molar-refractivity contribution in [3.8, 4) is 12.1 Å². The van der Waals surface area contributed by atoms with Crippen molar-refractivity contribution in [2.75, 3.05) is 0 Å². The van der Waals surface area contributed by atoms with E-state index in [1.807, 2.05) is 48.5 Å². The second kappa shape index (κ2) is 6.81. The van der Waals surface area contributed by atoms with E-state index in [0.717, 1.165) is 0 Å². The molecule has 0 spiro atoms. The molecule has 2 aromatic carbocycles. The highest BCUT2D eigenvalue weighted by Crippen LogP contribution is 2.03. The third-order valence-corrected chi connectivity index (χ3v) is 1.83. The molecular weight excluding hydrogens is 196 g/mol. The lowest BCUT2D eigenvalue weighted by atomic mass is 10.1. The van der Waals surface area contributed by atoms with Gasteiger partial charge in [-0.15, -0.1) is 0 Å². The lowest BCUT2D eigenvalue weighted by Gasteiger charge is -1.88. The van der Waals surface area contributed by atoms with Crippen LogP contribution in [0.2, 0.25) is 0 Å². The zero-order valence-corrected chi connectivity index (χ0v) is 8.67. The number of hydrogen-bond acceptors (Lipinski definition) is 2. The summed E-state index contributed by atoms with van der Waals surface area (Å²) in [6.07, 6.45) is 0. The minimum Gasteiger partial charge on any atom is -0.192 e. The van der Waals surface area contributed by atoms with E-state index < -0.39 is 0 Å². The fraction of sp³-hybridized carbons (Fsp3) is 0. The Morgan fingerprint density at radius 1 is 0.562 bits per heavy atom. The van der Waals surface area contributed by atoms with Gasteiger partial charge in [0, 0.05) is 0 Å². The second-order valence-corrected chi connectivity index (χ2v) is 2.92. The van der Waals surface area contributed by atoms with Crippen LogP contribution in [0.1, 0.15) is 11.1 Å². The Hall–Kier alpha value is -2.58. The minimum atomic E-state index is 0.435.